The monoisotopic (exact) mass is 429 g/mol. The largest absolute Gasteiger partial charge is 0.465 e. The summed E-state index contributed by atoms with van der Waals surface area (Å²) in [4.78, 5) is 25.1. The number of nitrogens with one attached hydrogen (secondary N) is 1. The van der Waals surface area contributed by atoms with Crippen molar-refractivity contribution in [1.82, 2.24) is 20.2 Å². The molecule has 0 saturated carbocycles. The summed E-state index contributed by atoms with van der Waals surface area (Å²) < 4.78 is 11.5. The van der Waals surface area contributed by atoms with Crippen LogP contribution in [0, 0.1) is 6.92 Å². The number of furan rings is 1. The van der Waals surface area contributed by atoms with Gasteiger partial charge < -0.3 is 14.5 Å². The third-order valence-corrected chi connectivity index (χ3v) is 4.68. The zero-order valence-corrected chi connectivity index (χ0v) is 17.4. The smallest absolute Gasteiger partial charge is 0.337 e. The summed E-state index contributed by atoms with van der Waals surface area (Å²) in [6.45, 7) is 1.78. The van der Waals surface area contributed by atoms with Crippen molar-refractivity contribution in [2.75, 3.05) is 12.4 Å². The molecular weight excluding hydrogens is 410 g/mol. The summed E-state index contributed by atoms with van der Waals surface area (Å²) >= 11 is 0. The molecule has 0 aliphatic carbocycles. The normalized spacial score (nSPS) is 11.2. The standard InChI is InChI=1S/C23H19N5O4/c1-15-13-17(23(30)31-2)10-11-19(15)24-22(29)20(14-18-9-6-12-32-18)28-21(25-26-27-28)16-7-4-3-5-8-16/h3-14H,1-2H3,(H,24,29)/b20-14+. The van der Waals surface area contributed by atoms with Gasteiger partial charge in [-0.25, -0.2) is 4.79 Å². The Labute approximate surface area is 183 Å². The fourth-order valence-electron chi connectivity index (χ4n) is 3.08. The van der Waals surface area contributed by atoms with Crippen LogP contribution in [0.15, 0.2) is 71.3 Å². The van der Waals surface area contributed by atoms with Crippen LogP contribution in [0.4, 0.5) is 5.69 Å². The Morgan fingerprint density at radius 2 is 1.91 bits per heavy atom. The maximum absolute atomic E-state index is 13.3. The topological polar surface area (TPSA) is 112 Å². The minimum Gasteiger partial charge on any atom is -0.465 e. The summed E-state index contributed by atoms with van der Waals surface area (Å²) in [5.74, 6) is -0.0517. The molecule has 0 bridgehead atoms. The number of aryl methyl sites for hydroxylation is 1. The van der Waals surface area contributed by atoms with E-state index in [1.54, 1.807) is 43.3 Å². The Morgan fingerprint density at radius 1 is 1.09 bits per heavy atom. The summed E-state index contributed by atoms with van der Waals surface area (Å²) in [6.07, 6.45) is 3.06. The summed E-state index contributed by atoms with van der Waals surface area (Å²) in [5, 5.41) is 14.7. The third kappa shape index (κ3) is 4.31. The van der Waals surface area contributed by atoms with E-state index >= 15 is 0 Å². The predicted molar refractivity (Wildman–Crippen MR) is 117 cm³/mol. The number of tetrazole rings is 1. The number of carbonyl (C=O) groups excluding carboxylic acids is 2. The highest BCUT2D eigenvalue weighted by Gasteiger charge is 2.21. The van der Waals surface area contributed by atoms with Crippen LogP contribution >= 0.6 is 0 Å². The van der Waals surface area contributed by atoms with Crippen LogP contribution in [-0.2, 0) is 9.53 Å². The summed E-state index contributed by atoms with van der Waals surface area (Å²) in [7, 11) is 1.32. The molecular formula is C23H19N5O4. The molecule has 0 aliphatic rings. The van der Waals surface area contributed by atoms with Crippen LogP contribution < -0.4 is 5.32 Å². The second-order valence-electron chi connectivity index (χ2n) is 6.80. The number of carbonyl (C=O) groups is 2. The van der Waals surface area contributed by atoms with Crippen LogP contribution in [0.1, 0.15) is 21.7 Å². The van der Waals surface area contributed by atoms with Crippen LogP contribution in [0.3, 0.4) is 0 Å². The van der Waals surface area contributed by atoms with Crippen LogP contribution in [0.25, 0.3) is 23.2 Å². The van der Waals surface area contributed by atoms with E-state index in [1.807, 2.05) is 30.3 Å². The first-order chi connectivity index (χ1) is 15.6. The SMILES string of the molecule is COC(=O)c1ccc(NC(=O)/C(=C\c2ccco2)n2nnnc2-c2ccccc2)c(C)c1. The minimum atomic E-state index is -0.459. The van der Waals surface area contributed by atoms with Crippen LogP contribution in [0.5, 0.6) is 0 Å². The Hall–Kier alpha value is -4.53. The van der Waals surface area contributed by atoms with Crippen LogP contribution in [-0.4, -0.2) is 39.2 Å². The molecule has 160 valence electrons. The van der Waals surface area contributed by atoms with Crippen molar-refractivity contribution in [3.05, 3.63) is 83.8 Å². The van der Waals surface area contributed by atoms with E-state index in [1.165, 1.54) is 18.1 Å². The van der Waals surface area contributed by atoms with E-state index in [9.17, 15) is 9.59 Å². The first kappa shape index (κ1) is 20.7. The van der Waals surface area contributed by atoms with Gasteiger partial charge in [-0.1, -0.05) is 30.3 Å². The molecule has 4 rings (SSSR count). The second kappa shape index (κ2) is 9.09. The molecule has 9 heteroatoms. The Bertz CT molecular complexity index is 1280. The van der Waals surface area contributed by atoms with Crippen LogP contribution in [0.2, 0.25) is 0 Å². The van der Waals surface area contributed by atoms with Gasteiger partial charge in [0.15, 0.2) is 5.82 Å². The van der Waals surface area contributed by atoms with E-state index in [4.69, 9.17) is 9.15 Å². The highest BCUT2D eigenvalue weighted by molar-refractivity contribution is 6.24. The average molecular weight is 429 g/mol. The Kier molecular flexibility index (Phi) is 5.89. The number of benzene rings is 2. The van der Waals surface area contributed by atoms with Gasteiger partial charge in [0.25, 0.3) is 5.91 Å². The van der Waals surface area contributed by atoms with Crippen molar-refractivity contribution < 1.29 is 18.7 Å². The number of esters is 1. The molecule has 9 nitrogen and oxygen atoms in total. The first-order valence-electron chi connectivity index (χ1n) is 9.66. The fraction of sp³-hybridized carbons (Fsp3) is 0.0870. The molecule has 0 unspecified atom stereocenters. The minimum absolute atomic E-state index is 0.153. The number of amides is 1. The number of ether oxygens (including phenoxy) is 1. The second-order valence-corrected chi connectivity index (χ2v) is 6.80. The quantitative estimate of drug-likeness (QED) is 0.368. The lowest BCUT2D eigenvalue weighted by Crippen LogP contribution is -2.20. The summed E-state index contributed by atoms with van der Waals surface area (Å²) in [5.41, 5.74) is 2.51. The molecule has 2 heterocycles. The lowest BCUT2D eigenvalue weighted by atomic mass is 10.1. The lowest BCUT2D eigenvalue weighted by molar-refractivity contribution is -0.111. The van der Waals surface area contributed by atoms with Gasteiger partial charge in [0.1, 0.15) is 11.5 Å². The van der Waals surface area contributed by atoms with Gasteiger partial charge in [0, 0.05) is 17.3 Å². The summed E-state index contributed by atoms with van der Waals surface area (Å²) in [6, 6.07) is 17.6. The molecule has 32 heavy (non-hydrogen) atoms. The average Bonchev–Trinajstić information content (AvgIpc) is 3.51. The molecule has 0 saturated heterocycles. The fourth-order valence-corrected chi connectivity index (χ4v) is 3.08. The van der Waals surface area contributed by atoms with Gasteiger partial charge in [-0.2, -0.15) is 4.68 Å². The van der Waals surface area contributed by atoms with E-state index < -0.39 is 11.9 Å². The molecule has 4 aromatic rings. The zero-order valence-electron chi connectivity index (χ0n) is 17.4. The molecule has 0 atom stereocenters. The van der Waals surface area contributed by atoms with E-state index in [2.05, 4.69) is 20.8 Å². The Balaban J connectivity index is 1.71. The lowest BCUT2D eigenvalue weighted by Gasteiger charge is -2.13. The van der Waals surface area contributed by atoms with Crippen molar-refractivity contribution >= 4 is 29.3 Å². The number of hydrogen-bond donors (Lipinski definition) is 1. The maximum atomic E-state index is 13.3. The molecule has 2 aromatic heterocycles. The maximum Gasteiger partial charge on any atom is 0.337 e. The number of methoxy groups -OCH3 is 1. The number of rotatable bonds is 6. The van der Waals surface area contributed by atoms with E-state index in [0.29, 0.717) is 28.4 Å². The van der Waals surface area contributed by atoms with Crippen molar-refractivity contribution in [3.8, 4) is 11.4 Å². The van der Waals surface area contributed by atoms with E-state index in [0.717, 1.165) is 5.56 Å². The van der Waals surface area contributed by atoms with Gasteiger partial charge in [0.2, 0.25) is 0 Å². The molecule has 0 spiro atoms. The van der Waals surface area contributed by atoms with Crippen molar-refractivity contribution in [1.29, 1.82) is 0 Å². The molecule has 0 aliphatic heterocycles. The molecule has 0 radical (unpaired) electrons. The molecule has 1 N–H and O–H groups in total. The molecule has 0 fully saturated rings. The zero-order chi connectivity index (χ0) is 22.5. The first-order valence-corrected chi connectivity index (χ1v) is 9.66. The highest BCUT2D eigenvalue weighted by atomic mass is 16.5. The van der Waals surface area contributed by atoms with E-state index in [-0.39, 0.29) is 5.70 Å². The molecule has 1 amide bonds. The Morgan fingerprint density at radius 3 is 2.59 bits per heavy atom. The number of aromatic nitrogens is 4. The third-order valence-electron chi connectivity index (χ3n) is 4.68. The highest BCUT2D eigenvalue weighted by Crippen LogP contribution is 2.23. The van der Waals surface area contributed by atoms with Gasteiger partial charge in [-0.15, -0.1) is 5.10 Å². The van der Waals surface area contributed by atoms with Gasteiger partial charge in [0.05, 0.1) is 18.9 Å². The van der Waals surface area contributed by atoms with Gasteiger partial charge in [-0.05, 0) is 53.2 Å². The van der Waals surface area contributed by atoms with Crippen molar-refractivity contribution in [2.24, 2.45) is 0 Å². The van der Waals surface area contributed by atoms with Gasteiger partial charge in [-0.3, -0.25) is 4.79 Å². The predicted octanol–water partition coefficient (Wildman–Crippen LogP) is 3.66. The van der Waals surface area contributed by atoms with Crippen molar-refractivity contribution in [2.45, 2.75) is 6.92 Å². The molecule has 2 aromatic carbocycles. The number of nitrogens with zero attached hydrogens (tertiary/aromatic N) is 4. The number of anilines is 1. The van der Waals surface area contributed by atoms with Gasteiger partial charge >= 0.3 is 5.97 Å². The van der Waals surface area contributed by atoms with Crippen molar-refractivity contribution in [3.63, 3.8) is 0 Å². The number of hydrogen-bond acceptors (Lipinski definition) is 7.